The summed E-state index contributed by atoms with van der Waals surface area (Å²) in [4.78, 5) is 16.4. The van der Waals surface area contributed by atoms with Crippen molar-refractivity contribution >= 4 is 5.91 Å². The van der Waals surface area contributed by atoms with E-state index in [1.807, 2.05) is 42.6 Å². The summed E-state index contributed by atoms with van der Waals surface area (Å²) >= 11 is 0. The fraction of sp³-hybridized carbons (Fsp3) is 0.429. The fourth-order valence-electron chi connectivity index (χ4n) is 3.10. The standard InChI is InChI=1S/C21H26N2O2/c1-21(2,3)16-8-6-14(7-9-16)19(24)13-23-20(25)18-11-17(18)15-5-4-10-22-12-15/h4-10,12,17-19,24H,11,13H2,1-3H3,(H,23,25)/t17-,18+,19+/m0/s1. The molecule has 132 valence electrons. The van der Waals surface area contributed by atoms with E-state index in [4.69, 9.17) is 0 Å². The first kappa shape index (κ1) is 17.6. The van der Waals surface area contributed by atoms with Gasteiger partial charge in [-0.15, -0.1) is 0 Å². The molecule has 3 rings (SSSR count). The molecule has 0 unspecified atom stereocenters. The SMILES string of the molecule is CC(C)(C)c1ccc([C@H](O)CNC(=O)[C@@H]2C[C@H]2c2cccnc2)cc1. The van der Waals surface area contributed by atoms with Crippen molar-refractivity contribution in [2.75, 3.05) is 6.54 Å². The third-order valence-electron chi connectivity index (χ3n) is 4.87. The lowest BCUT2D eigenvalue weighted by molar-refractivity contribution is -0.122. The minimum Gasteiger partial charge on any atom is -0.387 e. The predicted molar refractivity (Wildman–Crippen MR) is 98.2 cm³/mol. The lowest BCUT2D eigenvalue weighted by Gasteiger charge is -2.20. The quantitative estimate of drug-likeness (QED) is 0.879. The summed E-state index contributed by atoms with van der Waals surface area (Å²) in [5.74, 6) is 0.274. The average Bonchev–Trinajstić information content (AvgIpc) is 3.40. The molecule has 4 nitrogen and oxygen atoms in total. The zero-order valence-electron chi connectivity index (χ0n) is 15.1. The van der Waals surface area contributed by atoms with E-state index in [-0.39, 0.29) is 29.7 Å². The number of aromatic nitrogens is 1. The Labute approximate surface area is 149 Å². The number of benzene rings is 1. The number of carbonyl (C=O) groups is 1. The number of pyridine rings is 1. The minimum atomic E-state index is -0.687. The lowest BCUT2D eigenvalue weighted by atomic mass is 9.86. The van der Waals surface area contributed by atoms with Crippen molar-refractivity contribution in [2.24, 2.45) is 5.92 Å². The average molecular weight is 338 g/mol. The summed E-state index contributed by atoms with van der Waals surface area (Å²) in [6.07, 6.45) is 3.73. The third-order valence-corrected chi connectivity index (χ3v) is 4.87. The molecular weight excluding hydrogens is 312 g/mol. The van der Waals surface area contributed by atoms with E-state index in [1.54, 1.807) is 6.20 Å². The first-order valence-electron chi connectivity index (χ1n) is 8.82. The highest BCUT2D eigenvalue weighted by Crippen LogP contribution is 2.47. The monoisotopic (exact) mass is 338 g/mol. The Morgan fingerprint density at radius 2 is 2.00 bits per heavy atom. The van der Waals surface area contributed by atoms with Gasteiger partial charge in [0.2, 0.25) is 5.91 Å². The van der Waals surface area contributed by atoms with Crippen molar-refractivity contribution in [3.63, 3.8) is 0 Å². The van der Waals surface area contributed by atoms with Gasteiger partial charge in [0.1, 0.15) is 0 Å². The normalized spacial score (nSPS) is 20.8. The lowest BCUT2D eigenvalue weighted by Crippen LogP contribution is -2.30. The maximum Gasteiger partial charge on any atom is 0.223 e. The minimum absolute atomic E-state index is 0.000309. The Balaban J connectivity index is 1.51. The molecule has 1 aromatic heterocycles. The number of aliphatic hydroxyl groups is 1. The molecule has 0 spiro atoms. The van der Waals surface area contributed by atoms with Crippen LogP contribution in [-0.2, 0) is 10.2 Å². The first-order valence-corrected chi connectivity index (χ1v) is 8.82. The highest BCUT2D eigenvalue weighted by atomic mass is 16.3. The predicted octanol–water partition coefficient (Wildman–Crippen LogP) is 3.33. The van der Waals surface area contributed by atoms with Crippen LogP contribution in [0.15, 0.2) is 48.8 Å². The molecule has 2 aromatic rings. The largest absolute Gasteiger partial charge is 0.387 e. The second-order valence-electron chi connectivity index (χ2n) is 7.87. The van der Waals surface area contributed by atoms with Crippen LogP contribution in [0.5, 0.6) is 0 Å². The Morgan fingerprint density at radius 1 is 1.28 bits per heavy atom. The molecule has 2 N–H and O–H groups in total. The van der Waals surface area contributed by atoms with Crippen molar-refractivity contribution in [1.29, 1.82) is 0 Å². The van der Waals surface area contributed by atoms with Crippen molar-refractivity contribution in [2.45, 2.75) is 44.6 Å². The number of rotatable bonds is 5. The van der Waals surface area contributed by atoms with Gasteiger partial charge in [0.25, 0.3) is 0 Å². The highest BCUT2D eigenvalue weighted by Gasteiger charge is 2.43. The summed E-state index contributed by atoms with van der Waals surface area (Å²) in [7, 11) is 0. The van der Waals surface area contributed by atoms with Crippen LogP contribution in [0.25, 0.3) is 0 Å². The second kappa shape index (κ2) is 6.96. The van der Waals surface area contributed by atoms with Crippen LogP contribution in [0.2, 0.25) is 0 Å². The van der Waals surface area contributed by atoms with E-state index in [0.717, 1.165) is 17.5 Å². The number of nitrogens with zero attached hydrogens (tertiary/aromatic N) is 1. The molecule has 1 heterocycles. The maximum absolute atomic E-state index is 12.3. The molecule has 0 saturated heterocycles. The van der Waals surface area contributed by atoms with Crippen LogP contribution < -0.4 is 5.32 Å². The van der Waals surface area contributed by atoms with Crippen molar-refractivity contribution in [1.82, 2.24) is 10.3 Å². The Hall–Kier alpha value is -2.20. The number of hydrogen-bond acceptors (Lipinski definition) is 3. The van der Waals surface area contributed by atoms with E-state index < -0.39 is 6.10 Å². The van der Waals surface area contributed by atoms with Gasteiger partial charge in [0.15, 0.2) is 0 Å². The molecule has 1 fully saturated rings. The summed E-state index contributed by atoms with van der Waals surface area (Å²) in [6, 6.07) is 11.9. The molecule has 4 heteroatoms. The van der Waals surface area contributed by atoms with Crippen molar-refractivity contribution in [3.05, 3.63) is 65.5 Å². The summed E-state index contributed by atoms with van der Waals surface area (Å²) in [5.41, 5.74) is 3.25. The molecule has 1 saturated carbocycles. The van der Waals surface area contributed by atoms with Gasteiger partial charge in [-0.3, -0.25) is 9.78 Å². The smallest absolute Gasteiger partial charge is 0.223 e. The molecule has 1 amide bonds. The highest BCUT2D eigenvalue weighted by molar-refractivity contribution is 5.82. The van der Waals surface area contributed by atoms with Gasteiger partial charge >= 0.3 is 0 Å². The van der Waals surface area contributed by atoms with Gasteiger partial charge in [0.05, 0.1) is 6.10 Å². The first-order chi connectivity index (χ1) is 11.9. The summed E-state index contributed by atoms with van der Waals surface area (Å²) < 4.78 is 0. The van der Waals surface area contributed by atoms with Gasteiger partial charge in [-0.05, 0) is 40.5 Å². The summed E-state index contributed by atoms with van der Waals surface area (Å²) in [6.45, 7) is 6.72. The zero-order chi connectivity index (χ0) is 18.0. The van der Waals surface area contributed by atoms with Crippen LogP contribution in [0.3, 0.4) is 0 Å². The van der Waals surface area contributed by atoms with E-state index in [1.165, 1.54) is 5.56 Å². The number of hydrogen-bond donors (Lipinski definition) is 2. The van der Waals surface area contributed by atoms with Crippen LogP contribution in [-0.4, -0.2) is 22.5 Å². The molecule has 1 aliphatic rings. The van der Waals surface area contributed by atoms with Gasteiger partial charge in [-0.2, -0.15) is 0 Å². The van der Waals surface area contributed by atoms with Crippen molar-refractivity contribution < 1.29 is 9.90 Å². The van der Waals surface area contributed by atoms with E-state index in [9.17, 15) is 9.90 Å². The number of amides is 1. The third kappa shape index (κ3) is 4.26. The van der Waals surface area contributed by atoms with Crippen LogP contribution in [0, 0.1) is 5.92 Å². The number of aliphatic hydroxyl groups excluding tert-OH is 1. The Kier molecular flexibility index (Phi) is 4.91. The molecular formula is C21H26N2O2. The second-order valence-corrected chi connectivity index (χ2v) is 7.87. The van der Waals surface area contributed by atoms with E-state index in [2.05, 4.69) is 31.1 Å². The molecule has 3 atom stereocenters. The van der Waals surface area contributed by atoms with E-state index >= 15 is 0 Å². The molecule has 25 heavy (non-hydrogen) atoms. The van der Waals surface area contributed by atoms with Crippen LogP contribution in [0.1, 0.15) is 55.9 Å². The van der Waals surface area contributed by atoms with Crippen LogP contribution >= 0.6 is 0 Å². The van der Waals surface area contributed by atoms with Crippen LogP contribution in [0.4, 0.5) is 0 Å². The molecule has 0 aliphatic heterocycles. The molecule has 1 aromatic carbocycles. The fourth-order valence-corrected chi connectivity index (χ4v) is 3.10. The topological polar surface area (TPSA) is 62.2 Å². The van der Waals surface area contributed by atoms with Crippen molar-refractivity contribution in [3.8, 4) is 0 Å². The Bertz CT molecular complexity index is 720. The van der Waals surface area contributed by atoms with Gasteiger partial charge < -0.3 is 10.4 Å². The Morgan fingerprint density at radius 3 is 2.60 bits per heavy atom. The maximum atomic E-state index is 12.3. The molecule has 0 radical (unpaired) electrons. The number of nitrogens with one attached hydrogen (secondary N) is 1. The van der Waals surface area contributed by atoms with Gasteiger partial charge in [0, 0.05) is 24.9 Å². The summed E-state index contributed by atoms with van der Waals surface area (Å²) in [5, 5.41) is 13.2. The molecule has 0 bridgehead atoms. The zero-order valence-corrected chi connectivity index (χ0v) is 15.1. The number of carbonyl (C=O) groups excluding carboxylic acids is 1. The molecule has 1 aliphatic carbocycles. The van der Waals surface area contributed by atoms with E-state index in [0.29, 0.717) is 0 Å². The van der Waals surface area contributed by atoms with Gasteiger partial charge in [-0.25, -0.2) is 0 Å². The van der Waals surface area contributed by atoms with Gasteiger partial charge in [-0.1, -0.05) is 51.1 Å².